The topological polar surface area (TPSA) is 50.7 Å². The molecule has 0 saturated carbocycles. The number of nitrogens with zero attached hydrogens (tertiary/aromatic N) is 1. The number of carbonyl (C=O) groups is 1. The lowest BCUT2D eigenvalue weighted by Gasteiger charge is -2.17. The van der Waals surface area contributed by atoms with Crippen LogP contribution in [0.5, 0.6) is 5.75 Å². The Labute approximate surface area is 173 Å². The van der Waals surface area contributed by atoms with Gasteiger partial charge in [0, 0.05) is 6.21 Å². The third-order valence-electron chi connectivity index (χ3n) is 4.18. The number of benzene rings is 3. The van der Waals surface area contributed by atoms with Crippen LogP contribution in [0.2, 0.25) is 0 Å². The van der Waals surface area contributed by atoms with E-state index in [-0.39, 0.29) is 5.91 Å². The summed E-state index contributed by atoms with van der Waals surface area (Å²) < 4.78 is 6.78. The lowest BCUT2D eigenvalue weighted by molar-refractivity contribution is -0.128. The summed E-state index contributed by atoms with van der Waals surface area (Å²) in [6.45, 7) is 1.90. The molecule has 142 valence electrons. The van der Waals surface area contributed by atoms with Gasteiger partial charge in [0.25, 0.3) is 5.91 Å². The first-order chi connectivity index (χ1) is 13.7. The highest BCUT2D eigenvalue weighted by Crippen LogP contribution is 2.33. The van der Waals surface area contributed by atoms with Gasteiger partial charge in [0.2, 0.25) is 0 Å². The average molecular weight is 437 g/mol. The van der Waals surface area contributed by atoms with Crippen molar-refractivity contribution in [1.29, 1.82) is 0 Å². The van der Waals surface area contributed by atoms with Gasteiger partial charge in [0.15, 0.2) is 6.10 Å². The molecule has 3 rings (SSSR count). The predicted molar refractivity (Wildman–Crippen MR) is 118 cm³/mol. The standard InChI is InChI=1S/C23H21BrN2O2/c1-2-20(23(27)26-25-16-8-11-17-9-4-3-5-10-17)28-21-15-14-18-12-6-7-13-19(18)22(21)24/h3-16,20H,2H2,1H3,(H,26,27)/b11-8+,25-16+. The molecule has 1 N–H and O–H groups in total. The molecule has 0 radical (unpaired) electrons. The highest BCUT2D eigenvalue weighted by Gasteiger charge is 2.19. The zero-order valence-electron chi connectivity index (χ0n) is 15.5. The van der Waals surface area contributed by atoms with Crippen LogP contribution in [0.15, 0.2) is 82.4 Å². The smallest absolute Gasteiger partial charge is 0.281 e. The molecule has 28 heavy (non-hydrogen) atoms. The van der Waals surface area contributed by atoms with Crippen LogP contribution in [0.4, 0.5) is 0 Å². The molecule has 0 aliphatic rings. The zero-order chi connectivity index (χ0) is 19.8. The van der Waals surface area contributed by atoms with Crippen LogP contribution in [0.1, 0.15) is 18.9 Å². The summed E-state index contributed by atoms with van der Waals surface area (Å²) in [6, 6.07) is 21.7. The molecule has 5 heteroatoms. The molecule has 0 spiro atoms. The van der Waals surface area contributed by atoms with Gasteiger partial charge < -0.3 is 4.74 Å². The summed E-state index contributed by atoms with van der Waals surface area (Å²) in [5, 5.41) is 6.11. The van der Waals surface area contributed by atoms with E-state index >= 15 is 0 Å². The Morgan fingerprint density at radius 1 is 1.11 bits per heavy atom. The zero-order valence-corrected chi connectivity index (χ0v) is 17.1. The molecule has 3 aromatic rings. The van der Waals surface area contributed by atoms with Gasteiger partial charge in [-0.3, -0.25) is 4.79 Å². The third-order valence-corrected chi connectivity index (χ3v) is 5.00. The minimum absolute atomic E-state index is 0.285. The highest BCUT2D eigenvalue weighted by atomic mass is 79.9. The van der Waals surface area contributed by atoms with Crippen LogP contribution in [-0.4, -0.2) is 18.2 Å². The fraction of sp³-hybridized carbons (Fsp3) is 0.130. The largest absolute Gasteiger partial charge is 0.479 e. The van der Waals surface area contributed by atoms with Crippen molar-refractivity contribution >= 4 is 44.9 Å². The second kappa shape index (κ2) is 9.85. The molecule has 1 unspecified atom stereocenters. The fourth-order valence-corrected chi connectivity index (χ4v) is 3.30. The van der Waals surface area contributed by atoms with Crippen molar-refractivity contribution in [2.24, 2.45) is 5.10 Å². The van der Waals surface area contributed by atoms with Crippen molar-refractivity contribution in [2.75, 3.05) is 0 Å². The van der Waals surface area contributed by atoms with Crippen LogP contribution in [0, 0.1) is 0 Å². The quantitative estimate of drug-likeness (QED) is 0.388. The SMILES string of the molecule is CCC(Oc1ccc2ccccc2c1Br)C(=O)N/N=C/C=C/c1ccccc1. The number of halogens is 1. The summed E-state index contributed by atoms with van der Waals surface area (Å²) in [6.07, 6.45) is 5.13. The van der Waals surface area contributed by atoms with E-state index in [0.717, 1.165) is 20.8 Å². The van der Waals surface area contributed by atoms with Crippen molar-refractivity contribution < 1.29 is 9.53 Å². The molecule has 4 nitrogen and oxygen atoms in total. The average Bonchev–Trinajstić information content (AvgIpc) is 2.74. The van der Waals surface area contributed by atoms with Crippen molar-refractivity contribution in [1.82, 2.24) is 5.43 Å². The van der Waals surface area contributed by atoms with Gasteiger partial charge in [-0.25, -0.2) is 5.43 Å². The van der Waals surface area contributed by atoms with Crippen LogP contribution >= 0.6 is 15.9 Å². The number of fused-ring (bicyclic) bond motifs is 1. The number of rotatable bonds is 7. The monoisotopic (exact) mass is 436 g/mol. The molecule has 1 amide bonds. The Morgan fingerprint density at radius 3 is 2.64 bits per heavy atom. The summed E-state index contributed by atoms with van der Waals surface area (Å²) in [7, 11) is 0. The Balaban J connectivity index is 1.61. The predicted octanol–water partition coefficient (Wildman–Crippen LogP) is 5.58. The number of hydrazone groups is 1. The van der Waals surface area contributed by atoms with E-state index in [2.05, 4.69) is 26.5 Å². The minimum Gasteiger partial charge on any atom is -0.479 e. The molecule has 3 aromatic carbocycles. The summed E-state index contributed by atoms with van der Waals surface area (Å²) in [5.74, 6) is 0.348. The number of ether oxygens (including phenoxy) is 1. The molecular formula is C23H21BrN2O2. The fourth-order valence-electron chi connectivity index (χ4n) is 2.71. The van der Waals surface area contributed by atoms with Crippen molar-refractivity contribution in [3.8, 4) is 5.75 Å². The summed E-state index contributed by atoms with van der Waals surface area (Å²) in [5.41, 5.74) is 3.60. The van der Waals surface area contributed by atoms with E-state index < -0.39 is 6.10 Å². The molecule has 0 aliphatic carbocycles. The Morgan fingerprint density at radius 2 is 1.86 bits per heavy atom. The number of nitrogens with one attached hydrogen (secondary N) is 1. The van der Waals surface area contributed by atoms with Crippen molar-refractivity contribution in [3.05, 3.63) is 82.8 Å². The number of hydrogen-bond donors (Lipinski definition) is 1. The maximum Gasteiger partial charge on any atom is 0.281 e. The van der Waals surface area contributed by atoms with E-state index in [1.165, 1.54) is 0 Å². The Hall–Kier alpha value is -2.92. The van der Waals surface area contributed by atoms with Gasteiger partial charge in [-0.15, -0.1) is 0 Å². The first-order valence-electron chi connectivity index (χ1n) is 9.07. The second-order valence-electron chi connectivity index (χ2n) is 6.14. The molecule has 0 heterocycles. The lowest BCUT2D eigenvalue weighted by atomic mass is 10.1. The van der Waals surface area contributed by atoms with Crippen LogP contribution in [0.3, 0.4) is 0 Å². The number of amides is 1. The number of allylic oxidation sites excluding steroid dienone is 1. The maximum absolute atomic E-state index is 12.4. The van der Waals surface area contributed by atoms with Crippen LogP contribution in [-0.2, 0) is 4.79 Å². The van der Waals surface area contributed by atoms with Crippen LogP contribution in [0.25, 0.3) is 16.8 Å². The molecule has 0 saturated heterocycles. The first kappa shape index (κ1) is 19.8. The molecule has 0 aromatic heterocycles. The first-order valence-corrected chi connectivity index (χ1v) is 9.87. The maximum atomic E-state index is 12.4. The molecule has 0 bridgehead atoms. The minimum atomic E-state index is -0.632. The molecule has 0 fully saturated rings. The summed E-state index contributed by atoms with van der Waals surface area (Å²) >= 11 is 3.59. The summed E-state index contributed by atoms with van der Waals surface area (Å²) in [4.78, 5) is 12.4. The molecule has 0 aliphatic heterocycles. The molecular weight excluding hydrogens is 416 g/mol. The Kier molecular flexibility index (Phi) is 6.98. The lowest BCUT2D eigenvalue weighted by Crippen LogP contribution is -2.35. The van der Waals surface area contributed by atoms with E-state index in [0.29, 0.717) is 12.2 Å². The number of carbonyl (C=O) groups excluding carboxylic acids is 1. The van der Waals surface area contributed by atoms with Gasteiger partial charge in [0.05, 0.1) is 4.47 Å². The third kappa shape index (κ3) is 5.08. The van der Waals surface area contributed by atoms with Gasteiger partial charge >= 0.3 is 0 Å². The van der Waals surface area contributed by atoms with E-state index in [4.69, 9.17) is 4.74 Å². The van der Waals surface area contributed by atoms with Crippen molar-refractivity contribution in [2.45, 2.75) is 19.4 Å². The van der Waals surface area contributed by atoms with Crippen molar-refractivity contribution in [3.63, 3.8) is 0 Å². The van der Waals surface area contributed by atoms with Gasteiger partial charge in [-0.05, 0) is 50.8 Å². The van der Waals surface area contributed by atoms with E-state index in [1.54, 1.807) is 12.3 Å². The highest BCUT2D eigenvalue weighted by molar-refractivity contribution is 9.10. The Bertz CT molecular complexity index is 1000. The van der Waals surface area contributed by atoms with Crippen LogP contribution < -0.4 is 10.2 Å². The van der Waals surface area contributed by atoms with Gasteiger partial charge in [-0.2, -0.15) is 5.10 Å². The number of hydrogen-bond acceptors (Lipinski definition) is 3. The van der Waals surface area contributed by atoms with E-state index in [1.807, 2.05) is 79.7 Å². The van der Waals surface area contributed by atoms with E-state index in [9.17, 15) is 4.79 Å². The van der Waals surface area contributed by atoms with Gasteiger partial charge in [-0.1, -0.05) is 73.7 Å². The van der Waals surface area contributed by atoms with Gasteiger partial charge in [0.1, 0.15) is 5.75 Å². The second-order valence-corrected chi connectivity index (χ2v) is 6.93. The normalized spacial score (nSPS) is 12.5. The molecule has 1 atom stereocenters.